The zero-order chi connectivity index (χ0) is 19.7. The molecule has 3 unspecified atom stereocenters. The molecule has 1 aliphatic heterocycles. The van der Waals surface area contributed by atoms with Crippen molar-refractivity contribution in [2.75, 3.05) is 18.6 Å². The SMILES string of the molecule is CSCCC(NS(=O)(=O)c1ccccc1)C(=O)NC(C)CCC1CCCO1. The number of nitrogens with one attached hydrogen (secondary N) is 2. The molecule has 1 aliphatic rings. The molecule has 1 aromatic rings. The second-order valence-corrected chi connectivity index (χ2v) is 9.59. The van der Waals surface area contributed by atoms with Crippen LogP contribution in [0.3, 0.4) is 0 Å². The first-order valence-electron chi connectivity index (χ1n) is 9.40. The van der Waals surface area contributed by atoms with Gasteiger partial charge in [0, 0.05) is 12.6 Å². The van der Waals surface area contributed by atoms with E-state index in [0.29, 0.717) is 12.2 Å². The predicted molar refractivity (Wildman–Crippen MR) is 109 cm³/mol. The third-order valence-corrected chi connectivity index (χ3v) is 6.74. The Kier molecular flexibility index (Phi) is 9.08. The normalized spacial score (nSPS) is 19.6. The molecule has 3 atom stereocenters. The Bertz CT molecular complexity index is 676. The van der Waals surface area contributed by atoms with Gasteiger partial charge in [0.15, 0.2) is 0 Å². The Morgan fingerprint density at radius 3 is 2.67 bits per heavy atom. The van der Waals surface area contributed by atoms with Crippen LogP contribution in [-0.2, 0) is 19.6 Å². The van der Waals surface area contributed by atoms with Gasteiger partial charge in [-0.1, -0.05) is 18.2 Å². The summed E-state index contributed by atoms with van der Waals surface area (Å²) in [5.41, 5.74) is 0. The number of carbonyl (C=O) groups is 1. The summed E-state index contributed by atoms with van der Waals surface area (Å²) < 4.78 is 33.3. The van der Waals surface area contributed by atoms with Gasteiger partial charge < -0.3 is 10.1 Å². The molecule has 0 spiro atoms. The van der Waals surface area contributed by atoms with Crippen LogP contribution < -0.4 is 10.0 Å². The van der Waals surface area contributed by atoms with E-state index in [-0.39, 0.29) is 22.9 Å². The molecule has 2 rings (SSSR count). The van der Waals surface area contributed by atoms with Crippen molar-refractivity contribution in [2.24, 2.45) is 0 Å². The van der Waals surface area contributed by atoms with Crippen LogP contribution in [0.15, 0.2) is 35.2 Å². The van der Waals surface area contributed by atoms with Crippen molar-refractivity contribution in [3.63, 3.8) is 0 Å². The van der Waals surface area contributed by atoms with Gasteiger partial charge in [0.1, 0.15) is 6.04 Å². The fourth-order valence-electron chi connectivity index (χ4n) is 3.06. The number of ether oxygens (including phenoxy) is 1. The first kappa shape index (κ1) is 22.2. The van der Waals surface area contributed by atoms with Crippen LogP contribution in [0.25, 0.3) is 0 Å². The van der Waals surface area contributed by atoms with Crippen molar-refractivity contribution in [3.8, 4) is 0 Å². The number of rotatable bonds is 11. The summed E-state index contributed by atoms with van der Waals surface area (Å²) in [6, 6.07) is 7.32. The van der Waals surface area contributed by atoms with E-state index in [9.17, 15) is 13.2 Å². The van der Waals surface area contributed by atoms with Crippen LogP contribution in [0, 0.1) is 0 Å². The van der Waals surface area contributed by atoms with E-state index in [0.717, 1.165) is 32.3 Å². The van der Waals surface area contributed by atoms with Crippen LogP contribution in [0.4, 0.5) is 0 Å². The molecule has 1 saturated heterocycles. The summed E-state index contributed by atoms with van der Waals surface area (Å²) in [6.45, 7) is 2.77. The molecular weight excluding hydrogens is 384 g/mol. The standard InChI is InChI=1S/C19H30N2O4S2/c1-15(10-11-16-7-6-13-25-16)20-19(22)18(12-14-26-2)21-27(23,24)17-8-4-3-5-9-17/h3-5,8-9,15-16,18,21H,6-7,10-14H2,1-2H3,(H,20,22). The summed E-state index contributed by atoms with van der Waals surface area (Å²) in [5, 5.41) is 2.96. The first-order valence-corrected chi connectivity index (χ1v) is 12.3. The number of hydrogen-bond acceptors (Lipinski definition) is 5. The molecule has 6 nitrogen and oxygen atoms in total. The monoisotopic (exact) mass is 414 g/mol. The van der Waals surface area contributed by atoms with Crippen molar-refractivity contribution in [3.05, 3.63) is 30.3 Å². The van der Waals surface area contributed by atoms with Crippen LogP contribution in [0.1, 0.15) is 39.0 Å². The molecule has 27 heavy (non-hydrogen) atoms. The van der Waals surface area contributed by atoms with E-state index in [2.05, 4.69) is 10.0 Å². The number of sulfonamides is 1. The third kappa shape index (κ3) is 7.44. The number of thioether (sulfide) groups is 1. The van der Waals surface area contributed by atoms with Crippen LogP contribution in [0.5, 0.6) is 0 Å². The molecule has 152 valence electrons. The molecule has 0 bridgehead atoms. The van der Waals surface area contributed by atoms with Gasteiger partial charge in [0.2, 0.25) is 15.9 Å². The highest BCUT2D eigenvalue weighted by molar-refractivity contribution is 7.98. The number of hydrogen-bond donors (Lipinski definition) is 2. The minimum atomic E-state index is -3.74. The van der Waals surface area contributed by atoms with Crippen molar-refractivity contribution in [2.45, 2.75) is 62.1 Å². The Morgan fingerprint density at radius 1 is 1.30 bits per heavy atom. The fourth-order valence-corrected chi connectivity index (χ4v) is 4.78. The molecule has 8 heteroatoms. The van der Waals surface area contributed by atoms with Gasteiger partial charge in [0.05, 0.1) is 11.0 Å². The second-order valence-electron chi connectivity index (χ2n) is 6.89. The van der Waals surface area contributed by atoms with E-state index < -0.39 is 16.1 Å². The molecule has 2 N–H and O–H groups in total. The molecule has 0 saturated carbocycles. The minimum Gasteiger partial charge on any atom is -0.378 e. The number of amides is 1. The largest absolute Gasteiger partial charge is 0.378 e. The van der Waals surface area contributed by atoms with Crippen LogP contribution in [0.2, 0.25) is 0 Å². The predicted octanol–water partition coefficient (Wildman–Crippen LogP) is 2.55. The summed E-state index contributed by atoms with van der Waals surface area (Å²) in [5.74, 6) is 0.420. The second kappa shape index (κ2) is 11.0. The Hall–Kier alpha value is -1.09. The van der Waals surface area contributed by atoms with Gasteiger partial charge >= 0.3 is 0 Å². The molecular formula is C19H30N2O4S2. The van der Waals surface area contributed by atoms with E-state index in [1.807, 2.05) is 13.2 Å². The molecule has 1 fully saturated rings. The van der Waals surface area contributed by atoms with E-state index in [4.69, 9.17) is 4.74 Å². The lowest BCUT2D eigenvalue weighted by atomic mass is 10.1. The van der Waals surface area contributed by atoms with Gasteiger partial charge in [-0.15, -0.1) is 0 Å². The van der Waals surface area contributed by atoms with Gasteiger partial charge in [-0.3, -0.25) is 4.79 Å². The molecule has 0 aliphatic carbocycles. The van der Waals surface area contributed by atoms with E-state index in [1.54, 1.807) is 30.0 Å². The molecule has 1 amide bonds. The average Bonchev–Trinajstić information content (AvgIpc) is 3.17. The highest BCUT2D eigenvalue weighted by Crippen LogP contribution is 2.18. The molecule has 0 aromatic heterocycles. The maximum atomic E-state index is 12.7. The average molecular weight is 415 g/mol. The van der Waals surface area contributed by atoms with Gasteiger partial charge in [0.25, 0.3) is 0 Å². The maximum Gasteiger partial charge on any atom is 0.241 e. The summed E-state index contributed by atoms with van der Waals surface area (Å²) in [7, 11) is -3.74. The minimum absolute atomic E-state index is 0.0280. The van der Waals surface area contributed by atoms with E-state index >= 15 is 0 Å². The lowest BCUT2D eigenvalue weighted by Gasteiger charge is -2.22. The van der Waals surface area contributed by atoms with Crippen LogP contribution in [-0.4, -0.2) is 51.1 Å². The topological polar surface area (TPSA) is 84.5 Å². The molecule has 1 heterocycles. The fraction of sp³-hybridized carbons (Fsp3) is 0.632. The van der Waals surface area contributed by atoms with Gasteiger partial charge in [-0.25, -0.2) is 8.42 Å². The lowest BCUT2D eigenvalue weighted by Crippen LogP contribution is -2.49. The van der Waals surface area contributed by atoms with Crippen molar-refractivity contribution in [1.82, 2.24) is 10.0 Å². The lowest BCUT2D eigenvalue weighted by molar-refractivity contribution is -0.123. The zero-order valence-corrected chi connectivity index (χ0v) is 17.7. The van der Waals surface area contributed by atoms with Crippen molar-refractivity contribution in [1.29, 1.82) is 0 Å². The Labute approximate surface area is 166 Å². The molecule has 1 aromatic carbocycles. The quantitative estimate of drug-likeness (QED) is 0.581. The van der Waals surface area contributed by atoms with Crippen molar-refractivity contribution >= 4 is 27.7 Å². The number of benzene rings is 1. The van der Waals surface area contributed by atoms with Crippen LogP contribution >= 0.6 is 11.8 Å². The third-order valence-electron chi connectivity index (χ3n) is 4.61. The summed E-state index contributed by atoms with van der Waals surface area (Å²) in [4.78, 5) is 12.9. The van der Waals surface area contributed by atoms with Crippen molar-refractivity contribution < 1.29 is 17.9 Å². The summed E-state index contributed by atoms with van der Waals surface area (Å²) >= 11 is 1.58. The molecule has 0 radical (unpaired) electrons. The summed E-state index contributed by atoms with van der Waals surface area (Å²) in [6.07, 6.45) is 6.57. The highest BCUT2D eigenvalue weighted by Gasteiger charge is 2.26. The van der Waals surface area contributed by atoms with E-state index in [1.165, 1.54) is 12.1 Å². The highest BCUT2D eigenvalue weighted by atomic mass is 32.2. The first-order chi connectivity index (χ1) is 12.9. The maximum absolute atomic E-state index is 12.7. The van der Waals surface area contributed by atoms with Gasteiger partial charge in [-0.2, -0.15) is 16.5 Å². The smallest absolute Gasteiger partial charge is 0.241 e. The van der Waals surface area contributed by atoms with Gasteiger partial charge in [-0.05, 0) is 63.2 Å². The number of carbonyl (C=O) groups excluding carboxylic acids is 1. The Morgan fingerprint density at radius 2 is 2.04 bits per heavy atom. The Balaban J connectivity index is 1.93. The zero-order valence-electron chi connectivity index (χ0n) is 16.0.